The highest BCUT2D eigenvalue weighted by Gasteiger charge is 2.02. The molecule has 0 heteroatoms. The van der Waals surface area contributed by atoms with Crippen LogP contribution in [0.4, 0.5) is 0 Å². The highest BCUT2D eigenvalue weighted by molar-refractivity contribution is 5.78. The maximum absolute atomic E-state index is 2.29. The van der Waals surface area contributed by atoms with E-state index in [2.05, 4.69) is 141 Å². The predicted molar refractivity (Wildman–Crippen MR) is 142 cm³/mol. The van der Waals surface area contributed by atoms with Crippen molar-refractivity contribution in [3.05, 3.63) is 144 Å². The molecule has 0 spiro atoms. The van der Waals surface area contributed by atoms with Crippen molar-refractivity contribution < 1.29 is 0 Å². The van der Waals surface area contributed by atoms with Gasteiger partial charge in [0, 0.05) is 0 Å². The minimum absolute atomic E-state index is 0.976. The highest BCUT2D eigenvalue weighted by atomic mass is 14.1. The Bertz CT molecular complexity index is 1090. The molecular formula is C32H32. The first-order valence-electron chi connectivity index (χ1n) is 11.4. The fourth-order valence-corrected chi connectivity index (χ4v) is 3.40. The van der Waals surface area contributed by atoms with E-state index in [1.165, 1.54) is 33.4 Å². The van der Waals surface area contributed by atoms with Gasteiger partial charge in [-0.1, -0.05) is 147 Å². The summed E-state index contributed by atoms with van der Waals surface area (Å²) in [4.78, 5) is 0. The molecule has 0 aliphatic rings. The Kier molecular flexibility index (Phi) is 9.30. The van der Waals surface area contributed by atoms with Crippen molar-refractivity contribution in [2.75, 3.05) is 0 Å². The fraction of sp³-hybridized carbons (Fsp3) is 0.125. The van der Waals surface area contributed by atoms with Crippen LogP contribution in [0.15, 0.2) is 133 Å². The maximum atomic E-state index is 2.29. The molecule has 0 heterocycles. The molecule has 0 atom stereocenters. The lowest BCUT2D eigenvalue weighted by molar-refractivity contribution is 1.15. The van der Waals surface area contributed by atoms with E-state index in [1.807, 2.05) is 6.07 Å². The quantitative estimate of drug-likeness (QED) is 0.305. The Labute approximate surface area is 193 Å². The van der Waals surface area contributed by atoms with Crippen LogP contribution in [-0.4, -0.2) is 0 Å². The molecule has 3 aromatic carbocycles. The molecule has 0 unspecified atom stereocenters. The first-order valence-corrected chi connectivity index (χ1v) is 11.4. The number of allylic oxidation sites excluding steroid dienone is 9. The zero-order valence-corrected chi connectivity index (χ0v) is 19.1. The monoisotopic (exact) mass is 416 g/mol. The van der Waals surface area contributed by atoms with Gasteiger partial charge in [0.05, 0.1) is 0 Å². The van der Waals surface area contributed by atoms with Crippen molar-refractivity contribution >= 4 is 11.6 Å². The molecular weight excluding hydrogens is 384 g/mol. The molecule has 0 fully saturated rings. The molecule has 160 valence electrons. The van der Waals surface area contributed by atoms with Crippen LogP contribution in [0, 0.1) is 0 Å². The largest absolute Gasteiger partial charge is 0.0848 e. The van der Waals surface area contributed by atoms with Crippen LogP contribution < -0.4 is 0 Å². The SMILES string of the molecule is CC/C=C/C=C/C(=C\C(=C/C=C\c1ccccc1)CC)c1ccc(-c2ccccc2)cc1. The van der Waals surface area contributed by atoms with Gasteiger partial charge in [-0.05, 0) is 46.2 Å². The van der Waals surface area contributed by atoms with E-state index < -0.39 is 0 Å². The van der Waals surface area contributed by atoms with Gasteiger partial charge >= 0.3 is 0 Å². The van der Waals surface area contributed by atoms with E-state index in [0.29, 0.717) is 0 Å². The lowest BCUT2D eigenvalue weighted by Crippen LogP contribution is -1.85. The van der Waals surface area contributed by atoms with Crippen molar-refractivity contribution in [2.24, 2.45) is 0 Å². The number of hydrogen-bond acceptors (Lipinski definition) is 0. The average Bonchev–Trinajstić information content (AvgIpc) is 2.86. The van der Waals surface area contributed by atoms with Gasteiger partial charge in [0.15, 0.2) is 0 Å². The van der Waals surface area contributed by atoms with Gasteiger partial charge in [-0.15, -0.1) is 0 Å². The molecule has 0 saturated carbocycles. The first kappa shape index (κ1) is 23.0. The van der Waals surface area contributed by atoms with Gasteiger partial charge in [-0.2, -0.15) is 0 Å². The molecule has 0 aliphatic heterocycles. The molecule has 0 aromatic heterocycles. The molecule has 0 aliphatic carbocycles. The van der Waals surface area contributed by atoms with Crippen molar-refractivity contribution in [3.63, 3.8) is 0 Å². The lowest BCUT2D eigenvalue weighted by atomic mass is 9.97. The summed E-state index contributed by atoms with van der Waals surface area (Å²) >= 11 is 0. The summed E-state index contributed by atoms with van der Waals surface area (Å²) in [5, 5.41) is 0. The highest BCUT2D eigenvalue weighted by Crippen LogP contribution is 2.24. The summed E-state index contributed by atoms with van der Waals surface area (Å²) < 4.78 is 0. The third kappa shape index (κ3) is 7.25. The van der Waals surface area contributed by atoms with E-state index in [1.54, 1.807) is 0 Å². The molecule has 0 N–H and O–H groups in total. The lowest BCUT2D eigenvalue weighted by Gasteiger charge is -2.07. The van der Waals surface area contributed by atoms with E-state index in [-0.39, 0.29) is 0 Å². The summed E-state index contributed by atoms with van der Waals surface area (Å²) in [7, 11) is 0. The molecule has 0 amide bonds. The first-order chi connectivity index (χ1) is 15.8. The Morgan fingerprint density at radius 1 is 0.688 bits per heavy atom. The number of hydrogen-bond donors (Lipinski definition) is 0. The topological polar surface area (TPSA) is 0 Å². The minimum Gasteiger partial charge on any atom is -0.0848 e. The van der Waals surface area contributed by atoms with E-state index in [9.17, 15) is 0 Å². The summed E-state index contributed by atoms with van der Waals surface area (Å²) in [5.74, 6) is 0. The molecule has 0 nitrogen and oxygen atoms in total. The smallest absolute Gasteiger partial charge is 0.0181 e. The van der Waals surface area contributed by atoms with Crippen LogP contribution in [0.2, 0.25) is 0 Å². The summed E-state index contributed by atoms with van der Waals surface area (Å²) in [5.41, 5.74) is 7.42. The van der Waals surface area contributed by atoms with Gasteiger partial charge in [-0.25, -0.2) is 0 Å². The van der Waals surface area contributed by atoms with Gasteiger partial charge in [0.2, 0.25) is 0 Å². The van der Waals surface area contributed by atoms with E-state index in [0.717, 1.165) is 12.8 Å². The number of rotatable bonds is 9. The standard InChI is InChI=1S/C32H32/c1-3-5-6-11-21-32(26-27(4-2)17-14-18-28-15-9-7-10-16-28)31-24-22-30(23-25-31)29-19-12-8-13-20-29/h5-26H,3-4H2,1-2H3/b6-5+,18-14-,21-11+,27-17-,32-26+. The summed E-state index contributed by atoms with van der Waals surface area (Å²) in [6.07, 6.45) is 19.4. The average molecular weight is 417 g/mol. The van der Waals surface area contributed by atoms with Crippen LogP contribution in [0.25, 0.3) is 22.8 Å². The summed E-state index contributed by atoms with van der Waals surface area (Å²) in [6, 6.07) is 29.8. The fourth-order valence-electron chi connectivity index (χ4n) is 3.40. The normalized spacial score (nSPS) is 12.9. The van der Waals surface area contributed by atoms with Gasteiger partial charge in [0.1, 0.15) is 0 Å². The van der Waals surface area contributed by atoms with Gasteiger partial charge in [0.25, 0.3) is 0 Å². The molecule has 3 rings (SSSR count). The van der Waals surface area contributed by atoms with Crippen molar-refractivity contribution in [2.45, 2.75) is 26.7 Å². The zero-order chi connectivity index (χ0) is 22.4. The third-order valence-corrected chi connectivity index (χ3v) is 5.23. The van der Waals surface area contributed by atoms with Gasteiger partial charge in [-0.3, -0.25) is 0 Å². The van der Waals surface area contributed by atoms with Crippen molar-refractivity contribution in [1.29, 1.82) is 0 Å². The Morgan fingerprint density at radius 2 is 1.34 bits per heavy atom. The van der Waals surface area contributed by atoms with Crippen LogP contribution in [0.3, 0.4) is 0 Å². The second kappa shape index (κ2) is 12.9. The van der Waals surface area contributed by atoms with Crippen LogP contribution in [0.5, 0.6) is 0 Å². The Morgan fingerprint density at radius 3 is 2.00 bits per heavy atom. The Balaban J connectivity index is 1.89. The molecule has 0 bridgehead atoms. The van der Waals surface area contributed by atoms with Crippen LogP contribution in [0.1, 0.15) is 37.8 Å². The molecule has 32 heavy (non-hydrogen) atoms. The zero-order valence-electron chi connectivity index (χ0n) is 19.1. The second-order valence-corrected chi connectivity index (χ2v) is 7.60. The van der Waals surface area contributed by atoms with Gasteiger partial charge < -0.3 is 0 Å². The third-order valence-electron chi connectivity index (χ3n) is 5.23. The minimum atomic E-state index is 0.976. The van der Waals surface area contributed by atoms with Crippen molar-refractivity contribution in [3.8, 4) is 11.1 Å². The maximum Gasteiger partial charge on any atom is -0.0181 e. The van der Waals surface area contributed by atoms with Crippen LogP contribution >= 0.6 is 0 Å². The van der Waals surface area contributed by atoms with Crippen molar-refractivity contribution in [1.82, 2.24) is 0 Å². The molecule has 0 saturated heterocycles. The van der Waals surface area contributed by atoms with Crippen LogP contribution in [-0.2, 0) is 0 Å². The predicted octanol–water partition coefficient (Wildman–Crippen LogP) is 9.31. The Hall–Kier alpha value is -3.64. The second-order valence-electron chi connectivity index (χ2n) is 7.60. The summed E-state index contributed by atoms with van der Waals surface area (Å²) in [6.45, 7) is 4.36. The molecule has 0 radical (unpaired) electrons. The van der Waals surface area contributed by atoms with E-state index in [4.69, 9.17) is 0 Å². The van der Waals surface area contributed by atoms with E-state index >= 15 is 0 Å². The molecule has 3 aromatic rings. The number of benzene rings is 3.